The molecule has 0 heterocycles. The van der Waals surface area contributed by atoms with E-state index in [0.717, 1.165) is 23.9 Å². The van der Waals surface area contributed by atoms with Gasteiger partial charge in [-0.25, -0.2) is 4.39 Å². The lowest BCUT2D eigenvalue weighted by molar-refractivity contribution is 0.629. The zero-order chi connectivity index (χ0) is 10.4. The number of allylic oxidation sites excluding steroid dienone is 1. The maximum absolute atomic E-state index is 13.2. The summed E-state index contributed by atoms with van der Waals surface area (Å²) in [6.07, 6.45) is 3.78. The molecular weight excluding hydrogens is 245 g/mol. The Balaban J connectivity index is 2.46. The molecule has 3 heteroatoms. The third-order valence-corrected chi connectivity index (χ3v) is 2.32. The molecule has 0 aliphatic rings. The van der Waals surface area contributed by atoms with Gasteiger partial charge in [-0.1, -0.05) is 22.0 Å². The maximum Gasteiger partial charge on any atom is 0.147 e. The van der Waals surface area contributed by atoms with E-state index >= 15 is 0 Å². The summed E-state index contributed by atoms with van der Waals surface area (Å²) in [6.45, 7) is 4.39. The Morgan fingerprint density at radius 1 is 1.50 bits per heavy atom. The van der Waals surface area contributed by atoms with Crippen molar-refractivity contribution in [1.29, 1.82) is 0 Å². The molecule has 1 aromatic carbocycles. The highest BCUT2D eigenvalue weighted by atomic mass is 79.9. The van der Waals surface area contributed by atoms with Gasteiger partial charge >= 0.3 is 0 Å². The van der Waals surface area contributed by atoms with E-state index in [1.807, 2.05) is 12.1 Å². The number of benzene rings is 1. The van der Waals surface area contributed by atoms with Crippen molar-refractivity contribution in [2.45, 2.75) is 12.8 Å². The molecule has 0 saturated heterocycles. The Kier molecular flexibility index (Phi) is 4.66. The van der Waals surface area contributed by atoms with Gasteiger partial charge in [0.25, 0.3) is 0 Å². The van der Waals surface area contributed by atoms with Crippen LogP contribution in [0.1, 0.15) is 12.8 Å². The highest BCUT2D eigenvalue weighted by Gasteiger charge is 2.00. The van der Waals surface area contributed by atoms with Crippen LogP contribution < -0.4 is 5.32 Å². The number of unbranched alkanes of at least 4 members (excludes halogenated alkanes) is 1. The minimum Gasteiger partial charge on any atom is -0.383 e. The van der Waals surface area contributed by atoms with Crippen LogP contribution in [0.2, 0.25) is 0 Å². The Morgan fingerprint density at radius 2 is 2.29 bits per heavy atom. The maximum atomic E-state index is 13.2. The molecule has 14 heavy (non-hydrogen) atoms. The van der Waals surface area contributed by atoms with Gasteiger partial charge in [-0.05, 0) is 31.0 Å². The number of anilines is 1. The van der Waals surface area contributed by atoms with Crippen LogP contribution in [0.3, 0.4) is 0 Å². The van der Waals surface area contributed by atoms with Gasteiger partial charge in [-0.15, -0.1) is 6.58 Å². The van der Waals surface area contributed by atoms with Crippen LogP contribution in [0, 0.1) is 5.82 Å². The highest BCUT2D eigenvalue weighted by molar-refractivity contribution is 9.10. The summed E-state index contributed by atoms with van der Waals surface area (Å²) in [5, 5.41) is 3.03. The SMILES string of the molecule is C=CCCCNc1ccc(Br)cc1F. The number of rotatable bonds is 5. The number of nitrogens with one attached hydrogen (secondary N) is 1. The third-order valence-electron chi connectivity index (χ3n) is 1.83. The van der Waals surface area contributed by atoms with Gasteiger partial charge in [0.15, 0.2) is 0 Å². The molecule has 0 spiro atoms. The van der Waals surface area contributed by atoms with Crippen molar-refractivity contribution >= 4 is 21.6 Å². The lowest BCUT2D eigenvalue weighted by Crippen LogP contribution is -2.02. The van der Waals surface area contributed by atoms with Gasteiger partial charge in [0.1, 0.15) is 5.82 Å². The van der Waals surface area contributed by atoms with Crippen LogP contribution in [0.25, 0.3) is 0 Å². The summed E-state index contributed by atoms with van der Waals surface area (Å²) in [5.74, 6) is -0.224. The largest absolute Gasteiger partial charge is 0.383 e. The molecule has 0 aliphatic heterocycles. The molecule has 0 bridgehead atoms. The Morgan fingerprint density at radius 3 is 2.93 bits per heavy atom. The zero-order valence-electron chi connectivity index (χ0n) is 7.89. The van der Waals surface area contributed by atoms with Gasteiger partial charge in [0.2, 0.25) is 0 Å². The van der Waals surface area contributed by atoms with Crippen LogP contribution in [0.15, 0.2) is 35.3 Å². The first-order chi connectivity index (χ1) is 6.74. The molecule has 0 fully saturated rings. The second-order valence-electron chi connectivity index (χ2n) is 2.98. The summed E-state index contributed by atoms with van der Waals surface area (Å²) < 4.78 is 14.0. The summed E-state index contributed by atoms with van der Waals surface area (Å²) in [6, 6.07) is 5.00. The van der Waals surface area contributed by atoms with Crippen molar-refractivity contribution in [2.75, 3.05) is 11.9 Å². The summed E-state index contributed by atoms with van der Waals surface area (Å²) in [4.78, 5) is 0. The van der Waals surface area contributed by atoms with Crippen molar-refractivity contribution < 1.29 is 4.39 Å². The van der Waals surface area contributed by atoms with Crippen molar-refractivity contribution in [1.82, 2.24) is 0 Å². The van der Waals surface area contributed by atoms with E-state index < -0.39 is 0 Å². The molecule has 1 rings (SSSR count). The topological polar surface area (TPSA) is 12.0 Å². The minimum atomic E-state index is -0.224. The van der Waals surface area contributed by atoms with Crippen LogP contribution in [0.5, 0.6) is 0 Å². The van der Waals surface area contributed by atoms with Gasteiger partial charge < -0.3 is 5.32 Å². The van der Waals surface area contributed by atoms with Gasteiger partial charge in [-0.3, -0.25) is 0 Å². The highest BCUT2D eigenvalue weighted by Crippen LogP contribution is 2.19. The predicted octanol–water partition coefficient (Wildman–Crippen LogP) is 3.97. The molecule has 0 atom stereocenters. The first kappa shape index (κ1) is 11.2. The number of hydrogen-bond donors (Lipinski definition) is 1. The smallest absolute Gasteiger partial charge is 0.147 e. The normalized spacial score (nSPS) is 9.86. The monoisotopic (exact) mass is 257 g/mol. The standard InChI is InChI=1S/C11H13BrFN/c1-2-3-4-7-14-11-6-5-9(12)8-10(11)13/h2,5-6,8,14H,1,3-4,7H2. The molecule has 1 nitrogen and oxygen atoms in total. The van der Waals surface area contributed by atoms with E-state index in [1.165, 1.54) is 6.07 Å². The molecular formula is C11H13BrFN. The van der Waals surface area contributed by atoms with Crippen LogP contribution in [0.4, 0.5) is 10.1 Å². The first-order valence-electron chi connectivity index (χ1n) is 4.54. The summed E-state index contributed by atoms with van der Waals surface area (Å²) in [5.41, 5.74) is 0.553. The van der Waals surface area contributed by atoms with E-state index in [-0.39, 0.29) is 5.82 Å². The first-order valence-corrected chi connectivity index (χ1v) is 5.33. The molecule has 0 saturated carbocycles. The summed E-state index contributed by atoms with van der Waals surface area (Å²) in [7, 11) is 0. The molecule has 1 N–H and O–H groups in total. The van der Waals surface area contributed by atoms with E-state index in [1.54, 1.807) is 6.07 Å². The van der Waals surface area contributed by atoms with E-state index in [2.05, 4.69) is 27.8 Å². The Hall–Kier alpha value is -0.830. The third kappa shape index (κ3) is 3.50. The van der Waals surface area contributed by atoms with E-state index in [4.69, 9.17) is 0 Å². The quantitative estimate of drug-likeness (QED) is 0.622. The Bertz CT molecular complexity index is 312. The molecule has 1 aromatic rings. The van der Waals surface area contributed by atoms with Crippen LogP contribution in [-0.2, 0) is 0 Å². The number of halogens is 2. The average Bonchev–Trinajstić information content (AvgIpc) is 2.15. The molecule has 76 valence electrons. The van der Waals surface area contributed by atoms with Gasteiger partial charge in [0.05, 0.1) is 5.69 Å². The van der Waals surface area contributed by atoms with Gasteiger partial charge in [-0.2, -0.15) is 0 Å². The lowest BCUT2D eigenvalue weighted by Gasteiger charge is -2.06. The fourth-order valence-corrected chi connectivity index (χ4v) is 1.44. The number of hydrogen-bond acceptors (Lipinski definition) is 1. The molecule has 0 aliphatic carbocycles. The summed E-state index contributed by atoms with van der Waals surface area (Å²) >= 11 is 3.21. The van der Waals surface area contributed by atoms with Gasteiger partial charge in [0, 0.05) is 11.0 Å². The van der Waals surface area contributed by atoms with E-state index in [0.29, 0.717) is 5.69 Å². The van der Waals surface area contributed by atoms with Crippen molar-refractivity contribution in [3.05, 3.63) is 41.1 Å². The lowest BCUT2D eigenvalue weighted by atomic mass is 10.2. The van der Waals surface area contributed by atoms with Crippen molar-refractivity contribution in [2.24, 2.45) is 0 Å². The molecule has 0 unspecified atom stereocenters. The van der Waals surface area contributed by atoms with E-state index in [9.17, 15) is 4.39 Å². The minimum absolute atomic E-state index is 0.224. The molecule has 0 aromatic heterocycles. The second-order valence-corrected chi connectivity index (χ2v) is 3.90. The van der Waals surface area contributed by atoms with Crippen LogP contribution >= 0.6 is 15.9 Å². The predicted molar refractivity (Wildman–Crippen MR) is 62.0 cm³/mol. The van der Waals surface area contributed by atoms with Crippen molar-refractivity contribution in [3.63, 3.8) is 0 Å². The molecule has 0 amide bonds. The van der Waals surface area contributed by atoms with Crippen molar-refractivity contribution in [3.8, 4) is 0 Å². The Labute approximate surface area is 92.1 Å². The average molecular weight is 258 g/mol. The fraction of sp³-hybridized carbons (Fsp3) is 0.273. The fourth-order valence-electron chi connectivity index (χ4n) is 1.10. The van der Waals surface area contributed by atoms with Crippen LogP contribution in [-0.4, -0.2) is 6.54 Å². The zero-order valence-corrected chi connectivity index (χ0v) is 9.48. The second kappa shape index (κ2) is 5.81. The molecule has 0 radical (unpaired) electrons.